The predicted octanol–water partition coefficient (Wildman–Crippen LogP) is 4.37. The number of carboxylic acid groups (broad SMARTS) is 1. The summed E-state index contributed by atoms with van der Waals surface area (Å²) in [6, 6.07) is 20.6. The van der Waals surface area contributed by atoms with Crippen molar-refractivity contribution in [2.75, 3.05) is 5.32 Å². The van der Waals surface area contributed by atoms with Gasteiger partial charge in [0.2, 0.25) is 0 Å². The molecule has 0 fully saturated rings. The average molecular weight is 349 g/mol. The first kappa shape index (κ1) is 17.0. The van der Waals surface area contributed by atoms with E-state index in [-0.39, 0.29) is 11.3 Å². The van der Waals surface area contributed by atoms with Gasteiger partial charge in [0.15, 0.2) is 5.75 Å². The van der Waals surface area contributed by atoms with Crippen LogP contribution in [0.25, 0.3) is 11.1 Å². The van der Waals surface area contributed by atoms with Crippen molar-refractivity contribution in [1.82, 2.24) is 0 Å². The van der Waals surface area contributed by atoms with Gasteiger partial charge in [0, 0.05) is 0 Å². The molecule has 0 aliphatic rings. The zero-order chi connectivity index (χ0) is 18.5. The van der Waals surface area contributed by atoms with Crippen molar-refractivity contribution in [3.05, 3.63) is 78.4 Å². The Kier molecular flexibility index (Phi) is 4.85. The molecule has 1 amide bonds. The lowest BCUT2D eigenvalue weighted by Gasteiger charge is -2.10. The van der Waals surface area contributed by atoms with Crippen LogP contribution in [-0.4, -0.2) is 22.3 Å². The van der Waals surface area contributed by atoms with Gasteiger partial charge in [-0.3, -0.25) is 5.32 Å². The number of phenols is 1. The number of nitrogens with one attached hydrogen (secondary N) is 1. The van der Waals surface area contributed by atoms with Gasteiger partial charge in [0.1, 0.15) is 11.3 Å². The normalized spacial score (nSPS) is 10.2. The Balaban J connectivity index is 1.75. The topological polar surface area (TPSA) is 95.9 Å². The first-order valence-corrected chi connectivity index (χ1v) is 7.74. The Bertz CT molecular complexity index is 953. The molecular formula is C20H15NO5. The number of rotatable bonds is 4. The monoisotopic (exact) mass is 349 g/mol. The smallest absolute Gasteiger partial charge is 0.417 e. The van der Waals surface area contributed by atoms with E-state index in [4.69, 9.17) is 9.84 Å². The third kappa shape index (κ3) is 3.81. The van der Waals surface area contributed by atoms with Gasteiger partial charge >= 0.3 is 12.1 Å². The number of carbonyl (C=O) groups is 2. The third-order valence-corrected chi connectivity index (χ3v) is 3.65. The SMILES string of the molecule is O=C(Nc1cccc(C(=O)O)c1O)Oc1cccc(-c2ccccc2)c1. The second-order valence-corrected chi connectivity index (χ2v) is 5.42. The maximum absolute atomic E-state index is 12.1. The van der Waals surface area contributed by atoms with Gasteiger partial charge in [-0.25, -0.2) is 9.59 Å². The van der Waals surface area contributed by atoms with Gasteiger partial charge in [0.25, 0.3) is 0 Å². The van der Waals surface area contributed by atoms with Crippen LogP contribution in [0, 0.1) is 0 Å². The molecule has 0 bridgehead atoms. The number of aromatic carboxylic acids is 1. The predicted molar refractivity (Wildman–Crippen MR) is 96.6 cm³/mol. The van der Waals surface area contributed by atoms with Gasteiger partial charge in [-0.15, -0.1) is 0 Å². The number of carboxylic acids is 1. The Morgan fingerprint density at radius 2 is 1.54 bits per heavy atom. The first-order chi connectivity index (χ1) is 12.5. The van der Waals surface area contributed by atoms with Gasteiger partial charge in [-0.1, -0.05) is 48.5 Å². The van der Waals surface area contributed by atoms with Gasteiger partial charge in [-0.05, 0) is 35.4 Å². The Morgan fingerprint density at radius 3 is 2.27 bits per heavy atom. The highest BCUT2D eigenvalue weighted by Crippen LogP contribution is 2.28. The summed E-state index contributed by atoms with van der Waals surface area (Å²) in [6.45, 7) is 0. The van der Waals surface area contributed by atoms with E-state index in [0.29, 0.717) is 5.75 Å². The summed E-state index contributed by atoms with van der Waals surface area (Å²) in [4.78, 5) is 23.1. The Hall–Kier alpha value is -3.80. The summed E-state index contributed by atoms with van der Waals surface area (Å²) in [7, 11) is 0. The molecule has 0 aliphatic carbocycles. The van der Waals surface area contributed by atoms with Gasteiger partial charge in [-0.2, -0.15) is 0 Å². The van der Waals surface area contributed by atoms with Crippen molar-refractivity contribution in [1.29, 1.82) is 0 Å². The molecular weight excluding hydrogens is 334 g/mol. The van der Waals surface area contributed by atoms with Crippen molar-refractivity contribution in [2.24, 2.45) is 0 Å². The van der Waals surface area contributed by atoms with Gasteiger partial charge < -0.3 is 14.9 Å². The van der Waals surface area contributed by atoms with Crippen LogP contribution in [0.15, 0.2) is 72.8 Å². The summed E-state index contributed by atoms with van der Waals surface area (Å²) < 4.78 is 5.23. The fourth-order valence-corrected chi connectivity index (χ4v) is 2.43. The number of amides is 1. The molecule has 0 spiro atoms. The minimum absolute atomic E-state index is 0.0471. The van der Waals surface area contributed by atoms with Crippen LogP contribution in [0.5, 0.6) is 11.5 Å². The largest absolute Gasteiger partial charge is 0.505 e. The molecule has 0 heterocycles. The third-order valence-electron chi connectivity index (χ3n) is 3.65. The summed E-state index contributed by atoms with van der Waals surface area (Å²) in [5, 5.41) is 21.2. The molecule has 0 aromatic heterocycles. The summed E-state index contributed by atoms with van der Waals surface area (Å²) in [6.07, 6.45) is -0.840. The van der Waals surface area contributed by atoms with Crippen molar-refractivity contribution in [3.63, 3.8) is 0 Å². The van der Waals surface area contributed by atoms with Gasteiger partial charge in [0.05, 0.1) is 5.69 Å². The van der Waals surface area contributed by atoms with Crippen molar-refractivity contribution in [3.8, 4) is 22.6 Å². The van der Waals surface area contributed by atoms with E-state index in [1.54, 1.807) is 18.2 Å². The maximum Gasteiger partial charge on any atom is 0.417 e. The minimum atomic E-state index is -1.30. The lowest BCUT2D eigenvalue weighted by molar-refractivity contribution is 0.0693. The van der Waals surface area contributed by atoms with Crippen LogP contribution in [0.4, 0.5) is 10.5 Å². The van der Waals surface area contributed by atoms with E-state index in [9.17, 15) is 14.7 Å². The van der Waals surface area contributed by atoms with Crippen LogP contribution >= 0.6 is 0 Å². The number of benzene rings is 3. The van der Waals surface area contributed by atoms with Crippen molar-refractivity contribution < 1.29 is 24.5 Å². The number of hydrogen-bond donors (Lipinski definition) is 3. The molecule has 3 aromatic carbocycles. The second-order valence-electron chi connectivity index (χ2n) is 5.42. The highest BCUT2D eigenvalue weighted by molar-refractivity contribution is 5.96. The molecule has 3 rings (SSSR count). The number of hydrogen-bond acceptors (Lipinski definition) is 4. The molecule has 0 saturated carbocycles. The molecule has 0 atom stereocenters. The lowest BCUT2D eigenvalue weighted by Crippen LogP contribution is -2.17. The number of carbonyl (C=O) groups excluding carboxylic acids is 1. The molecule has 6 nitrogen and oxygen atoms in total. The summed E-state index contributed by atoms with van der Waals surface area (Å²) in [5.41, 5.74) is 1.50. The van der Waals surface area contributed by atoms with E-state index in [1.807, 2.05) is 36.4 Å². The zero-order valence-electron chi connectivity index (χ0n) is 13.5. The highest BCUT2D eigenvalue weighted by atomic mass is 16.6. The van der Waals surface area contributed by atoms with E-state index < -0.39 is 17.8 Å². The molecule has 0 radical (unpaired) electrons. The molecule has 0 aliphatic heterocycles. The quantitative estimate of drug-likeness (QED) is 0.608. The molecule has 0 saturated heterocycles. The standard InChI is InChI=1S/C20H15NO5/c22-18-16(19(23)24)10-5-11-17(18)21-20(25)26-15-9-4-8-14(12-15)13-6-2-1-3-7-13/h1-12,22H,(H,21,25)(H,23,24). The van der Waals surface area contributed by atoms with Crippen LogP contribution < -0.4 is 10.1 Å². The van der Waals surface area contributed by atoms with Crippen LogP contribution in [0.3, 0.4) is 0 Å². The Morgan fingerprint density at radius 1 is 0.846 bits per heavy atom. The van der Waals surface area contributed by atoms with Crippen LogP contribution in [0.1, 0.15) is 10.4 Å². The molecule has 3 aromatic rings. The minimum Gasteiger partial charge on any atom is -0.505 e. The molecule has 130 valence electrons. The van der Waals surface area contributed by atoms with E-state index in [2.05, 4.69) is 5.32 Å². The van der Waals surface area contributed by atoms with E-state index in [0.717, 1.165) is 11.1 Å². The first-order valence-electron chi connectivity index (χ1n) is 7.74. The summed E-state index contributed by atoms with van der Waals surface area (Å²) in [5.74, 6) is -1.51. The number of para-hydroxylation sites is 1. The second kappa shape index (κ2) is 7.40. The van der Waals surface area contributed by atoms with Crippen molar-refractivity contribution in [2.45, 2.75) is 0 Å². The Labute approximate surface area is 149 Å². The van der Waals surface area contributed by atoms with E-state index in [1.165, 1.54) is 18.2 Å². The number of anilines is 1. The van der Waals surface area contributed by atoms with Crippen LogP contribution in [0.2, 0.25) is 0 Å². The maximum atomic E-state index is 12.1. The fourth-order valence-electron chi connectivity index (χ4n) is 2.43. The number of aromatic hydroxyl groups is 1. The average Bonchev–Trinajstić information content (AvgIpc) is 2.64. The molecule has 0 unspecified atom stereocenters. The van der Waals surface area contributed by atoms with Crippen LogP contribution in [-0.2, 0) is 0 Å². The molecule has 3 N–H and O–H groups in total. The van der Waals surface area contributed by atoms with E-state index >= 15 is 0 Å². The van der Waals surface area contributed by atoms with Crippen molar-refractivity contribution >= 4 is 17.7 Å². The highest BCUT2D eigenvalue weighted by Gasteiger charge is 2.15. The molecule has 6 heteroatoms. The fraction of sp³-hybridized carbons (Fsp3) is 0. The number of ether oxygens (including phenoxy) is 1. The lowest BCUT2D eigenvalue weighted by atomic mass is 10.1. The summed E-state index contributed by atoms with van der Waals surface area (Å²) >= 11 is 0. The molecule has 26 heavy (non-hydrogen) atoms. The zero-order valence-corrected chi connectivity index (χ0v) is 13.5.